The third-order valence-corrected chi connectivity index (χ3v) is 7.15. The van der Waals surface area contributed by atoms with Crippen molar-refractivity contribution < 1.29 is 32.9 Å². The first kappa shape index (κ1) is 35.4. The summed E-state index contributed by atoms with van der Waals surface area (Å²) in [6, 6.07) is 1.78. The van der Waals surface area contributed by atoms with Gasteiger partial charge >= 0.3 is 11.7 Å². The summed E-state index contributed by atoms with van der Waals surface area (Å²) in [5.41, 5.74) is 4.58. The van der Waals surface area contributed by atoms with Gasteiger partial charge in [0.1, 0.15) is 23.6 Å². The second-order valence-corrected chi connectivity index (χ2v) is 10.6. The minimum absolute atomic E-state index is 0. The Morgan fingerprint density at radius 1 is 1.19 bits per heavy atom. The summed E-state index contributed by atoms with van der Waals surface area (Å²) in [6.07, 6.45) is -5.98. The summed E-state index contributed by atoms with van der Waals surface area (Å²) in [5.74, 6) is -1.39. The van der Waals surface area contributed by atoms with Crippen LogP contribution in [0, 0.1) is 5.92 Å². The highest BCUT2D eigenvalue weighted by atomic mass is 35.5. The summed E-state index contributed by atoms with van der Waals surface area (Å²) in [4.78, 5) is 52.1. The third-order valence-electron chi connectivity index (χ3n) is 6.56. The molecule has 0 unspecified atom stereocenters. The van der Waals surface area contributed by atoms with Crippen LogP contribution in [0.4, 0.5) is 4.39 Å². The Labute approximate surface area is 257 Å². The third kappa shape index (κ3) is 7.95. The Hall–Kier alpha value is -2.84. The molecule has 1 fully saturated rings. The van der Waals surface area contributed by atoms with Crippen LogP contribution < -0.4 is 31.8 Å². The molecule has 1 aromatic heterocycles. The second-order valence-electron chi connectivity index (χ2n) is 9.78. The van der Waals surface area contributed by atoms with E-state index in [-0.39, 0.29) is 58.4 Å². The molecule has 12 nitrogen and oxygen atoms in total. The van der Waals surface area contributed by atoms with Crippen LogP contribution in [0.3, 0.4) is 0 Å². The molecule has 0 bridgehead atoms. The van der Waals surface area contributed by atoms with Gasteiger partial charge in [-0.05, 0) is 25.3 Å². The number of aromatic amines is 1. The Morgan fingerprint density at radius 3 is 2.43 bits per heavy atom. The summed E-state index contributed by atoms with van der Waals surface area (Å²) >= 11 is 12.2. The number of ether oxygens (including phenoxy) is 4. The zero-order chi connectivity index (χ0) is 30.6. The summed E-state index contributed by atoms with van der Waals surface area (Å²) in [7, 11) is 1.41. The fraction of sp³-hybridized carbons (Fsp3) is 0.538. The maximum atomic E-state index is 15.8. The minimum atomic E-state index is -2.04. The van der Waals surface area contributed by atoms with Crippen LogP contribution >= 0.6 is 35.6 Å². The molecule has 16 heteroatoms. The lowest BCUT2D eigenvalue weighted by molar-refractivity contribution is -0.156. The lowest BCUT2D eigenvalue weighted by atomic mass is 10.1. The molecule has 4 N–H and O–H groups in total. The number of rotatable bonds is 11. The highest BCUT2D eigenvalue weighted by Gasteiger charge is 2.49. The number of esters is 1. The van der Waals surface area contributed by atoms with Crippen LogP contribution in [0.25, 0.3) is 0 Å². The Morgan fingerprint density at radius 2 is 1.83 bits per heavy atom. The first-order valence-corrected chi connectivity index (χ1v) is 13.6. The second kappa shape index (κ2) is 15.1. The van der Waals surface area contributed by atoms with Crippen LogP contribution in [0.1, 0.15) is 39.5 Å². The van der Waals surface area contributed by atoms with E-state index in [1.165, 1.54) is 32.4 Å². The van der Waals surface area contributed by atoms with E-state index in [0.717, 1.165) is 4.57 Å². The van der Waals surface area contributed by atoms with Crippen LogP contribution in [0.2, 0.25) is 10.0 Å². The van der Waals surface area contributed by atoms with Gasteiger partial charge in [0.2, 0.25) is 0 Å². The maximum Gasteiger partial charge on any atom is 0.330 e. The normalized spacial score (nSPS) is 21.3. The minimum Gasteiger partial charge on any atom is -0.495 e. The molecule has 6 atom stereocenters. The van der Waals surface area contributed by atoms with E-state index < -0.39 is 59.9 Å². The van der Waals surface area contributed by atoms with Gasteiger partial charge < -0.3 is 30.0 Å². The molecule has 2 aromatic rings. The number of carbonyl (C=O) groups excluding carboxylic acids is 2. The van der Waals surface area contributed by atoms with Gasteiger partial charge in [-0.3, -0.25) is 23.9 Å². The van der Waals surface area contributed by atoms with Crippen LogP contribution in [0.15, 0.2) is 27.9 Å². The molecule has 1 aromatic carbocycles. The first-order valence-electron chi connectivity index (χ1n) is 12.9. The number of hydrogen-bond acceptors (Lipinski definition) is 9. The van der Waals surface area contributed by atoms with E-state index in [1.54, 1.807) is 20.8 Å². The summed E-state index contributed by atoms with van der Waals surface area (Å²) in [5, 5.41) is 2.97. The van der Waals surface area contributed by atoms with Crippen LogP contribution in [-0.2, 0) is 25.5 Å². The van der Waals surface area contributed by atoms with Gasteiger partial charge in [0.25, 0.3) is 11.5 Å². The van der Waals surface area contributed by atoms with Gasteiger partial charge in [-0.15, -0.1) is 12.4 Å². The zero-order valence-electron chi connectivity index (χ0n) is 23.5. The van der Waals surface area contributed by atoms with E-state index in [2.05, 4.69) is 10.3 Å². The molecule has 1 aliphatic heterocycles. The molecule has 0 spiro atoms. The van der Waals surface area contributed by atoms with Crippen molar-refractivity contribution in [3.63, 3.8) is 0 Å². The summed E-state index contributed by atoms with van der Waals surface area (Å²) < 4.78 is 38.6. The predicted octanol–water partition coefficient (Wildman–Crippen LogP) is 2.55. The van der Waals surface area contributed by atoms with Crippen molar-refractivity contribution in [2.24, 2.45) is 11.7 Å². The maximum absolute atomic E-state index is 15.8. The predicted molar refractivity (Wildman–Crippen MR) is 156 cm³/mol. The number of methoxy groups -OCH3 is 1. The number of amides is 1. The number of aromatic nitrogens is 2. The van der Waals surface area contributed by atoms with Crippen LogP contribution in [0.5, 0.6) is 11.5 Å². The van der Waals surface area contributed by atoms with Gasteiger partial charge in [0.15, 0.2) is 24.6 Å². The number of carbonyl (C=O) groups is 2. The number of nitrogens with zero attached hydrogens (tertiary/aromatic N) is 1. The monoisotopic (exact) mass is 654 g/mol. The van der Waals surface area contributed by atoms with Gasteiger partial charge in [-0.25, -0.2) is 9.18 Å². The number of aryl methyl sites for hydroxylation is 1. The number of halogens is 4. The highest BCUT2D eigenvalue weighted by molar-refractivity contribution is 6.36. The lowest BCUT2D eigenvalue weighted by Gasteiger charge is -2.23. The topological polar surface area (TPSA) is 164 Å². The fourth-order valence-corrected chi connectivity index (χ4v) is 4.53. The van der Waals surface area contributed by atoms with E-state index in [1.807, 2.05) is 0 Å². The smallest absolute Gasteiger partial charge is 0.330 e. The molecule has 2 heterocycles. The molecule has 42 heavy (non-hydrogen) atoms. The number of hydrogen-bond donors (Lipinski definition) is 3. The van der Waals surface area contributed by atoms with Crippen LogP contribution in [-0.4, -0.2) is 65.6 Å². The number of H-pyrrole nitrogens is 1. The van der Waals surface area contributed by atoms with Crippen molar-refractivity contribution in [3.8, 4) is 11.5 Å². The van der Waals surface area contributed by atoms with Gasteiger partial charge in [0.05, 0.1) is 17.2 Å². The van der Waals surface area contributed by atoms with E-state index >= 15 is 4.39 Å². The zero-order valence-corrected chi connectivity index (χ0v) is 25.8. The number of nitrogens with one attached hydrogen (secondary N) is 2. The van der Waals surface area contributed by atoms with Crippen molar-refractivity contribution in [1.29, 1.82) is 0 Å². The lowest BCUT2D eigenvalue weighted by Crippen LogP contribution is -2.47. The van der Waals surface area contributed by atoms with Crippen molar-refractivity contribution in [3.05, 3.63) is 54.8 Å². The van der Waals surface area contributed by atoms with E-state index in [9.17, 15) is 19.2 Å². The average Bonchev–Trinajstić information content (AvgIpc) is 3.22. The van der Waals surface area contributed by atoms with Crippen molar-refractivity contribution in [2.75, 3.05) is 13.7 Å². The molecular formula is C26H34Cl3FN4O8. The van der Waals surface area contributed by atoms with E-state index in [4.69, 9.17) is 47.9 Å². The molecule has 1 aliphatic rings. The Kier molecular flexibility index (Phi) is 12.7. The first-order chi connectivity index (χ1) is 19.3. The largest absolute Gasteiger partial charge is 0.495 e. The number of benzene rings is 1. The average molecular weight is 656 g/mol. The SMILES string of the molecule is CCc1cn([C@@H]2O[C@@H](CNC(=O)[C@H](C)Oc3cc(OC)c(Cl)cc3Cl)[C@H](OC(=O)[C@H](N)C(C)C)[C@@H]2F)c(=O)[nH]c1=O.Cl. The van der Waals surface area contributed by atoms with Gasteiger partial charge in [0, 0.05) is 24.4 Å². The quantitative estimate of drug-likeness (QED) is 0.309. The van der Waals surface area contributed by atoms with Crippen molar-refractivity contribution in [2.45, 2.75) is 70.9 Å². The number of alkyl halides is 1. The molecule has 1 amide bonds. The van der Waals surface area contributed by atoms with Gasteiger partial charge in [-0.2, -0.15) is 0 Å². The van der Waals surface area contributed by atoms with Crippen molar-refractivity contribution >= 4 is 47.5 Å². The highest BCUT2D eigenvalue weighted by Crippen LogP contribution is 2.36. The molecule has 1 saturated heterocycles. The van der Waals surface area contributed by atoms with E-state index in [0.29, 0.717) is 0 Å². The Bertz CT molecular complexity index is 1390. The fourth-order valence-electron chi connectivity index (χ4n) is 4.02. The van der Waals surface area contributed by atoms with Gasteiger partial charge in [-0.1, -0.05) is 44.0 Å². The molecular weight excluding hydrogens is 622 g/mol. The molecule has 0 aliphatic carbocycles. The standard InChI is InChI=1S/C26H33Cl2FN4O8.ClH/c1-6-13-10-33(26(37)32-23(13)35)24-19(29)21(41-25(36)20(30)11(2)3)18(40-24)9-31-22(34)12(4)39-17-8-16(38-5)14(27)7-15(17)28;/h7-8,10-12,18-21,24H,6,9,30H2,1-5H3,(H,31,34)(H,32,35,37);1H/t12-,18-,19-,20+,21-,24+;/m0./s1. The molecule has 0 radical (unpaired) electrons. The summed E-state index contributed by atoms with van der Waals surface area (Å²) in [6.45, 7) is 6.21. The molecule has 0 saturated carbocycles. The van der Waals surface area contributed by atoms with Crippen molar-refractivity contribution in [1.82, 2.24) is 14.9 Å². The Balaban J connectivity index is 0.00000616. The molecule has 234 valence electrons. The number of nitrogens with two attached hydrogens (primary N) is 1. The molecule has 3 rings (SSSR count).